The lowest BCUT2D eigenvalue weighted by Gasteiger charge is -2.68. The zero-order valence-electron chi connectivity index (χ0n) is 20.2. The highest BCUT2D eigenvalue weighted by Gasteiger charge is 2.86. The maximum absolute atomic E-state index is 13.1. The molecule has 2 nitrogen and oxygen atoms in total. The molecule has 5 saturated carbocycles. The van der Waals surface area contributed by atoms with Gasteiger partial charge in [-0.2, -0.15) is 0 Å². The van der Waals surface area contributed by atoms with E-state index >= 15 is 0 Å². The molecule has 0 saturated heterocycles. The van der Waals surface area contributed by atoms with Gasteiger partial charge in [0.25, 0.3) is 0 Å². The molecule has 5 aliphatic rings. The minimum atomic E-state index is 0.0752. The molecule has 0 aromatic heterocycles. The number of nitrogens with zero attached hydrogens (tertiary/aromatic N) is 1. The first-order valence-electron chi connectivity index (χ1n) is 12.2. The molecular weight excluding hydrogens is 354 g/mol. The number of fused-ring (bicyclic) bond motifs is 2. The fraction of sp³-hybridized carbons (Fsp3) is 0.889. The van der Waals surface area contributed by atoms with Gasteiger partial charge in [-0.05, 0) is 105 Å². The summed E-state index contributed by atoms with van der Waals surface area (Å²) in [5, 5.41) is 0. The van der Waals surface area contributed by atoms with Crippen LogP contribution in [-0.2, 0) is 4.79 Å². The molecule has 0 heterocycles. The normalized spacial score (nSPS) is 56.6. The molecule has 2 heteroatoms. The molecule has 5 rings (SSSR count). The van der Waals surface area contributed by atoms with E-state index in [1.807, 2.05) is 0 Å². The topological polar surface area (TPSA) is 20.3 Å². The Bertz CT molecular complexity index is 809. The van der Waals surface area contributed by atoms with Crippen LogP contribution in [0.5, 0.6) is 0 Å². The zero-order valence-corrected chi connectivity index (χ0v) is 20.2. The van der Waals surface area contributed by atoms with Crippen molar-refractivity contribution in [1.82, 2.24) is 4.90 Å². The average molecular weight is 398 g/mol. The van der Waals surface area contributed by atoms with Crippen molar-refractivity contribution < 1.29 is 4.79 Å². The zero-order chi connectivity index (χ0) is 21.3. The van der Waals surface area contributed by atoms with Crippen LogP contribution in [-0.4, -0.2) is 30.8 Å². The third-order valence-electron chi connectivity index (χ3n) is 12.5. The first-order chi connectivity index (χ1) is 13.4. The highest BCUT2D eigenvalue weighted by atomic mass is 16.1. The Hall–Kier alpha value is -0.630. The number of carbonyl (C=O) groups excluding carboxylic acids is 1. The second kappa shape index (κ2) is 5.40. The minimum Gasteiger partial charge on any atom is -0.306 e. The van der Waals surface area contributed by atoms with Crippen LogP contribution in [0.25, 0.3) is 0 Å². The number of hydrogen-bond donors (Lipinski definition) is 0. The van der Waals surface area contributed by atoms with Crippen LogP contribution in [0.3, 0.4) is 0 Å². The summed E-state index contributed by atoms with van der Waals surface area (Å²) in [4.78, 5) is 15.6. The number of Topliss-reactive ketones (excluding diaryl/α,β-unsaturated/α-hetero) is 1. The molecular formula is C27H43NO. The molecule has 0 bridgehead atoms. The first kappa shape index (κ1) is 20.3. The van der Waals surface area contributed by atoms with Gasteiger partial charge >= 0.3 is 0 Å². The SMILES string of the molecule is CC=C1C(=O)CC2(C)C1(C)CCC13CC14CCC(N(C)C)C(C)(C)C4CCC23C. The van der Waals surface area contributed by atoms with Crippen LogP contribution in [0.1, 0.15) is 92.9 Å². The van der Waals surface area contributed by atoms with E-state index in [1.165, 1.54) is 44.9 Å². The van der Waals surface area contributed by atoms with Gasteiger partial charge in [-0.3, -0.25) is 4.79 Å². The van der Waals surface area contributed by atoms with Crippen molar-refractivity contribution in [2.45, 2.75) is 99.0 Å². The summed E-state index contributed by atoms with van der Waals surface area (Å²) in [6, 6.07) is 0.701. The minimum absolute atomic E-state index is 0.0752. The third-order valence-corrected chi connectivity index (χ3v) is 12.5. The molecule has 2 spiro atoms. The van der Waals surface area contributed by atoms with Crippen molar-refractivity contribution >= 4 is 5.78 Å². The van der Waals surface area contributed by atoms with Gasteiger partial charge in [0.2, 0.25) is 0 Å². The maximum atomic E-state index is 13.1. The highest BCUT2D eigenvalue weighted by molar-refractivity contribution is 6.00. The number of allylic oxidation sites excluding steroid dienone is 2. The van der Waals surface area contributed by atoms with Gasteiger partial charge in [0.15, 0.2) is 5.78 Å². The Morgan fingerprint density at radius 2 is 1.62 bits per heavy atom. The fourth-order valence-corrected chi connectivity index (χ4v) is 10.9. The monoisotopic (exact) mass is 397 g/mol. The molecule has 162 valence electrons. The quantitative estimate of drug-likeness (QED) is 0.487. The van der Waals surface area contributed by atoms with E-state index in [4.69, 9.17) is 0 Å². The summed E-state index contributed by atoms with van der Waals surface area (Å²) in [6.45, 7) is 14.8. The van der Waals surface area contributed by atoms with E-state index in [1.54, 1.807) is 0 Å². The standard InChI is InChI=1S/C27H43NO/c1-9-18-19(29)16-25(6)23(18,4)14-15-27-17-26(27)13-11-21(28(7)8)22(2,3)20(26)10-12-24(25,27)5/h9,20-21H,10-17H2,1-8H3. The van der Waals surface area contributed by atoms with Crippen molar-refractivity contribution in [2.24, 2.45) is 38.4 Å². The molecule has 7 atom stereocenters. The number of hydrogen-bond acceptors (Lipinski definition) is 2. The van der Waals surface area contributed by atoms with Crippen molar-refractivity contribution in [3.63, 3.8) is 0 Å². The van der Waals surface area contributed by atoms with Crippen molar-refractivity contribution in [3.8, 4) is 0 Å². The van der Waals surface area contributed by atoms with Crippen molar-refractivity contribution in [1.29, 1.82) is 0 Å². The molecule has 7 unspecified atom stereocenters. The Morgan fingerprint density at radius 1 is 0.931 bits per heavy atom. The molecule has 0 aromatic rings. The van der Waals surface area contributed by atoms with E-state index in [0.29, 0.717) is 33.5 Å². The first-order valence-corrected chi connectivity index (χ1v) is 12.2. The van der Waals surface area contributed by atoms with Crippen LogP contribution < -0.4 is 0 Å². The molecule has 29 heavy (non-hydrogen) atoms. The van der Waals surface area contributed by atoms with E-state index in [2.05, 4.69) is 66.6 Å². The predicted octanol–water partition coefficient (Wildman–Crippen LogP) is 6.25. The van der Waals surface area contributed by atoms with E-state index in [9.17, 15) is 4.79 Å². The lowest BCUT2D eigenvalue weighted by atomic mass is 9.36. The fourth-order valence-electron chi connectivity index (χ4n) is 10.9. The number of rotatable bonds is 1. The Labute approximate surface area is 178 Å². The van der Waals surface area contributed by atoms with Crippen LogP contribution in [0.2, 0.25) is 0 Å². The highest BCUT2D eigenvalue weighted by Crippen LogP contribution is 2.92. The van der Waals surface area contributed by atoms with Crippen molar-refractivity contribution in [2.75, 3.05) is 14.1 Å². The molecule has 0 radical (unpaired) electrons. The summed E-state index contributed by atoms with van der Waals surface area (Å²) >= 11 is 0. The van der Waals surface area contributed by atoms with Gasteiger partial charge in [-0.15, -0.1) is 0 Å². The van der Waals surface area contributed by atoms with Crippen LogP contribution in [0, 0.1) is 38.4 Å². The second-order valence-corrected chi connectivity index (χ2v) is 13.1. The Balaban J connectivity index is 1.60. The van der Waals surface area contributed by atoms with Gasteiger partial charge in [-0.1, -0.05) is 40.7 Å². The van der Waals surface area contributed by atoms with Crippen LogP contribution in [0.15, 0.2) is 11.6 Å². The van der Waals surface area contributed by atoms with Crippen LogP contribution in [0.4, 0.5) is 0 Å². The Kier molecular flexibility index (Phi) is 3.78. The number of carbonyl (C=O) groups is 1. The summed E-state index contributed by atoms with van der Waals surface area (Å²) in [5.41, 5.74) is 3.06. The molecule has 5 fully saturated rings. The second-order valence-electron chi connectivity index (χ2n) is 13.1. The maximum Gasteiger partial charge on any atom is 0.159 e. The summed E-state index contributed by atoms with van der Waals surface area (Å²) in [7, 11) is 4.58. The van der Waals surface area contributed by atoms with E-state index in [0.717, 1.165) is 17.9 Å². The van der Waals surface area contributed by atoms with Gasteiger partial charge in [0.1, 0.15) is 0 Å². The predicted molar refractivity (Wildman–Crippen MR) is 120 cm³/mol. The third kappa shape index (κ3) is 1.86. The van der Waals surface area contributed by atoms with Gasteiger partial charge < -0.3 is 4.90 Å². The van der Waals surface area contributed by atoms with Gasteiger partial charge in [-0.25, -0.2) is 0 Å². The number of ketones is 1. The smallest absolute Gasteiger partial charge is 0.159 e. The van der Waals surface area contributed by atoms with Crippen molar-refractivity contribution in [3.05, 3.63) is 11.6 Å². The van der Waals surface area contributed by atoms with E-state index in [-0.39, 0.29) is 10.8 Å². The summed E-state index contributed by atoms with van der Waals surface area (Å²) < 4.78 is 0. The molecule has 0 N–H and O–H groups in total. The molecule has 0 aliphatic heterocycles. The Morgan fingerprint density at radius 3 is 2.24 bits per heavy atom. The lowest BCUT2D eigenvalue weighted by Crippen LogP contribution is -2.62. The van der Waals surface area contributed by atoms with Gasteiger partial charge in [0, 0.05) is 17.9 Å². The van der Waals surface area contributed by atoms with Gasteiger partial charge in [0.05, 0.1) is 0 Å². The average Bonchev–Trinajstić information content (AvgIpc) is 3.22. The molecule has 5 aliphatic carbocycles. The summed E-state index contributed by atoms with van der Waals surface area (Å²) in [6.07, 6.45) is 12.4. The summed E-state index contributed by atoms with van der Waals surface area (Å²) in [5.74, 6) is 1.29. The molecule has 0 aromatic carbocycles. The lowest BCUT2D eigenvalue weighted by molar-refractivity contribution is -0.188. The van der Waals surface area contributed by atoms with E-state index < -0.39 is 0 Å². The van der Waals surface area contributed by atoms with Crippen LogP contribution >= 0.6 is 0 Å². The molecule has 0 amide bonds. The largest absolute Gasteiger partial charge is 0.306 e.